The zero-order valence-electron chi connectivity index (χ0n) is 11.3. The lowest BCUT2D eigenvalue weighted by Gasteiger charge is -2.13. The number of amides is 2. The summed E-state index contributed by atoms with van der Waals surface area (Å²) in [5.74, 6) is -0.325. The molecule has 0 saturated carbocycles. The summed E-state index contributed by atoms with van der Waals surface area (Å²) in [6.07, 6.45) is 1.25. The molecule has 2 amide bonds. The Labute approximate surface area is 122 Å². The molecule has 0 unspecified atom stereocenters. The normalized spacial score (nSPS) is 13.2. The summed E-state index contributed by atoms with van der Waals surface area (Å²) >= 11 is 0. The molecule has 0 aliphatic carbocycles. The van der Waals surface area contributed by atoms with Gasteiger partial charge < -0.3 is 5.11 Å². The average Bonchev–Trinajstić information content (AvgIpc) is 2.73. The van der Waals surface area contributed by atoms with Crippen LogP contribution in [0.4, 0.5) is 0 Å². The van der Waals surface area contributed by atoms with E-state index in [0.29, 0.717) is 30.5 Å². The van der Waals surface area contributed by atoms with Crippen molar-refractivity contribution in [3.8, 4) is 5.75 Å². The minimum Gasteiger partial charge on any atom is -0.507 e. The van der Waals surface area contributed by atoms with E-state index < -0.39 is 0 Å². The summed E-state index contributed by atoms with van der Waals surface area (Å²) in [6.45, 7) is 0.357. The number of aryl methyl sites for hydroxylation is 1. The van der Waals surface area contributed by atoms with Gasteiger partial charge in [-0.15, -0.1) is 0 Å². The zero-order chi connectivity index (χ0) is 14.8. The van der Waals surface area contributed by atoms with Crippen LogP contribution in [0.5, 0.6) is 5.75 Å². The molecule has 0 spiro atoms. The monoisotopic (exact) mass is 279 g/mol. The molecule has 4 nitrogen and oxygen atoms in total. The number of fused-ring (bicyclic) bond motifs is 1. The molecular formula is C17H13NO3. The molecule has 4 heteroatoms. The van der Waals surface area contributed by atoms with Crippen LogP contribution in [-0.4, -0.2) is 28.4 Å². The number of hydrogen-bond donors (Lipinski definition) is 1. The van der Waals surface area contributed by atoms with E-state index in [9.17, 15) is 14.7 Å². The first-order chi connectivity index (χ1) is 10.2. The predicted molar refractivity (Wildman–Crippen MR) is 75.9 cm³/mol. The Morgan fingerprint density at radius 1 is 1.10 bits per heavy atom. The van der Waals surface area contributed by atoms with Gasteiger partial charge in [0.25, 0.3) is 11.8 Å². The van der Waals surface area contributed by atoms with E-state index in [4.69, 9.17) is 0 Å². The van der Waals surface area contributed by atoms with Gasteiger partial charge in [0.05, 0.1) is 11.1 Å². The molecule has 1 heterocycles. The molecular weight excluding hydrogens is 266 g/mol. The Morgan fingerprint density at radius 3 is 2.38 bits per heavy atom. The quantitative estimate of drug-likeness (QED) is 0.873. The lowest BCUT2D eigenvalue weighted by molar-refractivity contribution is 0.0652. The molecule has 0 bridgehead atoms. The lowest BCUT2D eigenvalue weighted by Crippen LogP contribution is -2.30. The summed E-state index contributed by atoms with van der Waals surface area (Å²) in [7, 11) is 0. The fraction of sp³-hybridized carbons (Fsp3) is 0.176. The van der Waals surface area contributed by atoms with Crippen molar-refractivity contribution in [2.75, 3.05) is 6.54 Å². The fourth-order valence-electron chi connectivity index (χ4n) is 2.46. The van der Waals surface area contributed by atoms with E-state index in [1.807, 2.05) is 0 Å². The molecule has 1 aliphatic rings. The van der Waals surface area contributed by atoms with Crippen molar-refractivity contribution in [3.63, 3.8) is 0 Å². The summed E-state index contributed by atoms with van der Waals surface area (Å²) in [5.41, 5.74) is 1.76. The average molecular weight is 279 g/mol. The van der Waals surface area contributed by atoms with E-state index in [1.54, 1.807) is 30.3 Å². The Morgan fingerprint density at radius 2 is 1.76 bits per heavy atom. The van der Waals surface area contributed by atoms with Crippen LogP contribution >= 0.6 is 0 Å². The van der Waals surface area contributed by atoms with Crippen LogP contribution in [0.1, 0.15) is 32.7 Å². The number of benzene rings is 1. The van der Waals surface area contributed by atoms with Crippen molar-refractivity contribution in [2.24, 2.45) is 0 Å². The number of carbonyl (C=O) groups excluding carboxylic acids is 2. The maximum atomic E-state index is 12.2. The molecule has 2 aromatic carbocycles. The molecule has 21 heavy (non-hydrogen) atoms. The highest BCUT2D eigenvalue weighted by molar-refractivity contribution is 6.21. The minimum atomic E-state index is -0.234. The van der Waals surface area contributed by atoms with Gasteiger partial charge in [-0.2, -0.15) is 0 Å². The third-order valence-corrected chi connectivity index (χ3v) is 3.48. The standard InChI is InChI=1S/C17H13NO3/c19-13-7-3-5-12(11-13)6-4-10-18-16(20)14-8-1-2-9-15(14)17(18)21/h1-2,7-9,11,19H,4,6,10H2. The number of imide groups is 1. The van der Waals surface area contributed by atoms with Gasteiger partial charge in [0.1, 0.15) is 5.75 Å². The van der Waals surface area contributed by atoms with E-state index in [0.717, 1.165) is 5.56 Å². The molecule has 0 fully saturated rings. The molecule has 0 atom stereocenters. The summed E-state index contributed by atoms with van der Waals surface area (Å²) in [4.78, 5) is 25.6. The van der Waals surface area contributed by atoms with E-state index in [-0.39, 0.29) is 17.6 Å². The minimum absolute atomic E-state index is 0.143. The first-order valence-electron chi connectivity index (χ1n) is 6.73. The Kier molecular flexibility index (Phi) is 3.33. The van der Waals surface area contributed by atoms with E-state index >= 15 is 0 Å². The largest absolute Gasteiger partial charge is 0.507 e. The smallest absolute Gasteiger partial charge is 0.261 e. The second kappa shape index (κ2) is 5.29. The topological polar surface area (TPSA) is 57.6 Å². The molecule has 0 radical (unpaired) electrons. The van der Waals surface area contributed by atoms with Crippen LogP contribution in [-0.2, 0) is 6.42 Å². The van der Waals surface area contributed by atoms with Crippen molar-refractivity contribution in [2.45, 2.75) is 12.8 Å². The highest BCUT2D eigenvalue weighted by atomic mass is 16.3. The Bertz CT molecular complexity index is 674. The molecule has 0 aromatic heterocycles. The maximum absolute atomic E-state index is 12.2. The zero-order valence-corrected chi connectivity index (χ0v) is 11.3. The molecule has 1 N–H and O–H groups in total. The van der Waals surface area contributed by atoms with Crippen LogP contribution in [0, 0.1) is 12.1 Å². The second-order valence-electron chi connectivity index (χ2n) is 4.92. The van der Waals surface area contributed by atoms with Gasteiger partial charge in [0.2, 0.25) is 0 Å². The van der Waals surface area contributed by atoms with Crippen molar-refractivity contribution in [1.82, 2.24) is 4.90 Å². The summed E-state index contributed by atoms with van der Waals surface area (Å²) in [5, 5.41) is 9.36. The van der Waals surface area contributed by atoms with Crippen LogP contribution in [0.2, 0.25) is 0 Å². The first kappa shape index (κ1) is 13.2. The first-order valence-corrected chi connectivity index (χ1v) is 6.73. The summed E-state index contributed by atoms with van der Waals surface area (Å²) in [6, 6.07) is 15.5. The number of hydrogen-bond acceptors (Lipinski definition) is 3. The van der Waals surface area contributed by atoms with Gasteiger partial charge >= 0.3 is 0 Å². The molecule has 2 aromatic rings. The maximum Gasteiger partial charge on any atom is 0.261 e. The van der Waals surface area contributed by atoms with Crippen LogP contribution in [0.25, 0.3) is 0 Å². The van der Waals surface area contributed by atoms with Gasteiger partial charge in [0.15, 0.2) is 0 Å². The number of rotatable bonds is 4. The third-order valence-electron chi connectivity index (χ3n) is 3.48. The lowest BCUT2D eigenvalue weighted by atomic mass is 10.1. The predicted octanol–water partition coefficient (Wildman–Crippen LogP) is 2.22. The van der Waals surface area contributed by atoms with Crippen molar-refractivity contribution in [1.29, 1.82) is 0 Å². The van der Waals surface area contributed by atoms with Gasteiger partial charge in [-0.1, -0.05) is 24.3 Å². The highest BCUT2D eigenvalue weighted by Gasteiger charge is 2.34. The van der Waals surface area contributed by atoms with Gasteiger partial charge in [0, 0.05) is 18.2 Å². The van der Waals surface area contributed by atoms with Crippen molar-refractivity contribution >= 4 is 11.8 Å². The summed E-state index contributed by atoms with van der Waals surface area (Å²) < 4.78 is 0. The number of carbonyl (C=O) groups is 2. The van der Waals surface area contributed by atoms with E-state index in [2.05, 4.69) is 12.1 Å². The number of nitrogens with zero attached hydrogens (tertiary/aromatic N) is 1. The van der Waals surface area contributed by atoms with Crippen LogP contribution in [0.3, 0.4) is 0 Å². The number of aromatic hydroxyl groups is 1. The van der Waals surface area contributed by atoms with Crippen LogP contribution in [0.15, 0.2) is 36.4 Å². The Hall–Kier alpha value is -2.80. The SMILES string of the molecule is O=C1c2ccccc2C(=O)N1CCCc1c#ccc(O)c1. The van der Waals surface area contributed by atoms with Gasteiger partial charge in [-0.3, -0.25) is 14.5 Å². The third kappa shape index (κ3) is 2.46. The van der Waals surface area contributed by atoms with Gasteiger partial charge in [-0.25, -0.2) is 0 Å². The molecule has 1 aliphatic heterocycles. The molecule has 3 rings (SSSR count). The van der Waals surface area contributed by atoms with Crippen molar-refractivity contribution in [3.05, 3.63) is 65.2 Å². The van der Waals surface area contributed by atoms with Crippen molar-refractivity contribution < 1.29 is 14.7 Å². The fourth-order valence-corrected chi connectivity index (χ4v) is 2.46. The molecule has 104 valence electrons. The highest BCUT2D eigenvalue weighted by Crippen LogP contribution is 2.22. The molecule has 0 saturated heterocycles. The van der Waals surface area contributed by atoms with Gasteiger partial charge in [-0.05, 0) is 31.0 Å². The Balaban J connectivity index is 1.65. The second-order valence-corrected chi connectivity index (χ2v) is 4.92. The van der Waals surface area contributed by atoms with Crippen LogP contribution < -0.4 is 0 Å². The van der Waals surface area contributed by atoms with E-state index in [1.165, 1.54) is 11.0 Å².